The van der Waals surface area contributed by atoms with Gasteiger partial charge < -0.3 is 13.9 Å². The van der Waals surface area contributed by atoms with E-state index in [1.807, 2.05) is 19.9 Å². The van der Waals surface area contributed by atoms with Gasteiger partial charge in [0.05, 0.1) is 12.2 Å². The lowest BCUT2D eigenvalue weighted by Gasteiger charge is -2.36. The predicted molar refractivity (Wildman–Crippen MR) is 128 cm³/mol. The van der Waals surface area contributed by atoms with E-state index in [0.717, 1.165) is 19.4 Å². The fraction of sp³-hybridized carbons (Fsp3) is 0.760. The summed E-state index contributed by atoms with van der Waals surface area (Å²) in [7, 11) is -1.65. The monoisotopic (exact) mass is 422 g/mol. The summed E-state index contributed by atoms with van der Waals surface area (Å²) >= 11 is 0. The van der Waals surface area contributed by atoms with Gasteiger partial charge in [-0.15, -0.1) is 0 Å². The molecule has 1 heterocycles. The lowest BCUT2D eigenvalue weighted by molar-refractivity contribution is -0.162. The van der Waals surface area contributed by atoms with Crippen molar-refractivity contribution in [2.45, 2.75) is 105 Å². The summed E-state index contributed by atoms with van der Waals surface area (Å²) < 4.78 is 18.2. The molecule has 0 aromatic heterocycles. The van der Waals surface area contributed by atoms with Crippen molar-refractivity contribution in [3.8, 4) is 0 Å². The third-order valence-corrected chi connectivity index (χ3v) is 10.6. The molecule has 0 saturated carbocycles. The largest absolute Gasteiger partial charge is 0.417 e. The average Bonchev–Trinajstić information content (AvgIpc) is 2.59. The molecule has 29 heavy (non-hydrogen) atoms. The first-order valence-corrected chi connectivity index (χ1v) is 14.3. The molecule has 0 aliphatic carbocycles. The fourth-order valence-corrected chi connectivity index (χ4v) is 4.00. The molecule has 0 spiro atoms. The van der Waals surface area contributed by atoms with Gasteiger partial charge in [-0.3, -0.25) is 0 Å². The van der Waals surface area contributed by atoms with Gasteiger partial charge in [0.25, 0.3) is 0 Å². The summed E-state index contributed by atoms with van der Waals surface area (Å²) in [4.78, 5) is 0. The van der Waals surface area contributed by atoms with Crippen LogP contribution in [0.5, 0.6) is 0 Å². The molecule has 0 saturated heterocycles. The van der Waals surface area contributed by atoms with E-state index in [1.54, 1.807) is 0 Å². The van der Waals surface area contributed by atoms with E-state index in [2.05, 4.69) is 78.9 Å². The molecule has 0 radical (unpaired) electrons. The van der Waals surface area contributed by atoms with Gasteiger partial charge in [0.15, 0.2) is 14.6 Å². The molecule has 1 rings (SSSR count). The van der Waals surface area contributed by atoms with Crippen LogP contribution in [0.15, 0.2) is 36.0 Å². The number of hydrogen-bond acceptors (Lipinski definition) is 3. The molecular formula is C25H46O3Si. The van der Waals surface area contributed by atoms with Gasteiger partial charge in [0.2, 0.25) is 0 Å². The van der Waals surface area contributed by atoms with Gasteiger partial charge in [0.1, 0.15) is 0 Å². The molecule has 4 heteroatoms. The van der Waals surface area contributed by atoms with Crippen LogP contribution in [0.25, 0.3) is 0 Å². The Labute approximate surface area is 181 Å². The fourth-order valence-electron chi connectivity index (χ4n) is 2.94. The summed E-state index contributed by atoms with van der Waals surface area (Å²) in [6, 6.07) is 0. The Kier molecular flexibility index (Phi) is 10.6. The van der Waals surface area contributed by atoms with E-state index >= 15 is 0 Å². The van der Waals surface area contributed by atoms with Crippen molar-refractivity contribution in [1.82, 2.24) is 0 Å². The molecule has 3 nitrogen and oxygen atoms in total. The number of allylic oxidation sites excluding steroid dienone is 3. The SMILES string of the molecule is CCC(/C=C/[C@@H]1OC(OC(C)C)C=C[C@@H]1C)=C\[C@@H](C)CCO[Si](C)(C)C(C)(C)C. The molecule has 0 bridgehead atoms. The topological polar surface area (TPSA) is 27.7 Å². The van der Waals surface area contributed by atoms with Crippen LogP contribution in [0, 0.1) is 11.8 Å². The zero-order valence-corrected chi connectivity index (χ0v) is 21.6. The Morgan fingerprint density at radius 2 is 1.83 bits per heavy atom. The second-order valence-corrected chi connectivity index (χ2v) is 15.0. The van der Waals surface area contributed by atoms with Crippen LogP contribution in [0.3, 0.4) is 0 Å². The lowest BCUT2D eigenvalue weighted by Crippen LogP contribution is -2.41. The summed E-state index contributed by atoms with van der Waals surface area (Å²) in [5, 5.41) is 0.270. The molecule has 1 aliphatic heterocycles. The van der Waals surface area contributed by atoms with Crippen molar-refractivity contribution in [1.29, 1.82) is 0 Å². The first kappa shape index (κ1) is 26.4. The number of hydrogen-bond donors (Lipinski definition) is 0. The highest BCUT2D eigenvalue weighted by molar-refractivity contribution is 6.74. The van der Waals surface area contributed by atoms with Crippen LogP contribution in [-0.2, 0) is 13.9 Å². The zero-order chi connectivity index (χ0) is 22.2. The van der Waals surface area contributed by atoms with E-state index in [0.29, 0.717) is 11.8 Å². The van der Waals surface area contributed by atoms with Gasteiger partial charge in [0, 0.05) is 12.5 Å². The highest BCUT2D eigenvalue weighted by atomic mass is 28.4. The normalized spacial score (nSPS) is 25.2. The van der Waals surface area contributed by atoms with Crippen molar-refractivity contribution >= 4 is 8.32 Å². The van der Waals surface area contributed by atoms with E-state index in [4.69, 9.17) is 13.9 Å². The second kappa shape index (κ2) is 11.6. The van der Waals surface area contributed by atoms with Gasteiger partial charge in [-0.1, -0.05) is 71.4 Å². The molecule has 0 aromatic carbocycles. The minimum atomic E-state index is -1.65. The van der Waals surface area contributed by atoms with E-state index in [1.165, 1.54) is 5.57 Å². The van der Waals surface area contributed by atoms with Crippen LogP contribution in [0.4, 0.5) is 0 Å². The van der Waals surface area contributed by atoms with E-state index in [-0.39, 0.29) is 23.5 Å². The molecule has 4 atom stereocenters. The Bertz CT molecular complexity index is 569. The van der Waals surface area contributed by atoms with Crippen molar-refractivity contribution in [2.75, 3.05) is 6.61 Å². The Morgan fingerprint density at radius 3 is 2.38 bits per heavy atom. The van der Waals surface area contributed by atoms with Crippen LogP contribution < -0.4 is 0 Å². The minimum absolute atomic E-state index is 0.0518. The molecular weight excluding hydrogens is 376 g/mol. The molecule has 0 N–H and O–H groups in total. The van der Waals surface area contributed by atoms with Crippen molar-refractivity contribution in [3.05, 3.63) is 36.0 Å². The molecule has 0 fully saturated rings. The zero-order valence-electron chi connectivity index (χ0n) is 20.6. The number of rotatable bonds is 10. The van der Waals surface area contributed by atoms with Gasteiger partial charge in [-0.25, -0.2) is 0 Å². The molecule has 168 valence electrons. The first-order valence-electron chi connectivity index (χ1n) is 11.4. The Hall–Kier alpha value is -0.683. The van der Waals surface area contributed by atoms with Crippen molar-refractivity contribution in [3.63, 3.8) is 0 Å². The van der Waals surface area contributed by atoms with Crippen LogP contribution >= 0.6 is 0 Å². The van der Waals surface area contributed by atoms with Crippen LogP contribution in [0.1, 0.15) is 68.2 Å². The van der Waals surface area contributed by atoms with Gasteiger partial charge in [-0.2, -0.15) is 0 Å². The Morgan fingerprint density at radius 1 is 1.17 bits per heavy atom. The smallest absolute Gasteiger partial charge is 0.191 e. The molecule has 1 unspecified atom stereocenters. The molecule has 1 aliphatic rings. The van der Waals surface area contributed by atoms with Crippen molar-refractivity contribution in [2.24, 2.45) is 11.8 Å². The lowest BCUT2D eigenvalue weighted by atomic mass is 9.98. The predicted octanol–water partition coefficient (Wildman–Crippen LogP) is 7.27. The maximum Gasteiger partial charge on any atom is 0.191 e. The minimum Gasteiger partial charge on any atom is -0.417 e. The summed E-state index contributed by atoms with van der Waals surface area (Å²) in [5.74, 6) is 0.854. The highest BCUT2D eigenvalue weighted by Crippen LogP contribution is 2.36. The Balaban J connectivity index is 2.62. The third kappa shape index (κ3) is 9.33. The molecule has 0 amide bonds. The number of ether oxygens (including phenoxy) is 2. The summed E-state index contributed by atoms with van der Waals surface area (Å²) in [6.45, 7) is 23.1. The van der Waals surface area contributed by atoms with Crippen molar-refractivity contribution < 1.29 is 13.9 Å². The van der Waals surface area contributed by atoms with E-state index in [9.17, 15) is 0 Å². The third-order valence-electron chi connectivity index (χ3n) is 6.04. The second-order valence-electron chi connectivity index (χ2n) is 10.2. The summed E-state index contributed by atoms with van der Waals surface area (Å²) in [5.41, 5.74) is 1.36. The molecule has 0 aromatic rings. The quantitative estimate of drug-likeness (QED) is 0.210. The van der Waals surface area contributed by atoms with Crippen LogP contribution in [-0.4, -0.2) is 33.4 Å². The van der Waals surface area contributed by atoms with Crippen LogP contribution in [0.2, 0.25) is 18.1 Å². The maximum absolute atomic E-state index is 6.34. The highest BCUT2D eigenvalue weighted by Gasteiger charge is 2.36. The summed E-state index contributed by atoms with van der Waals surface area (Å²) in [6.07, 6.45) is 13.1. The van der Waals surface area contributed by atoms with E-state index < -0.39 is 8.32 Å². The standard InChI is InChI=1S/C25H46O3Si/c1-11-22(18-20(4)16-17-26-29(9,10)25(6,7)8)13-14-23-21(5)12-15-24(28-23)27-19(2)3/h12-15,18-21,23-24H,11,16-17H2,1-10H3/b14-13+,22-18+/t20-,21-,23-,24?/m0/s1. The van der Waals surface area contributed by atoms with Gasteiger partial charge in [-0.05, 0) is 56.8 Å². The average molecular weight is 423 g/mol. The first-order chi connectivity index (χ1) is 13.4. The maximum atomic E-state index is 6.34. The van der Waals surface area contributed by atoms with Gasteiger partial charge >= 0.3 is 0 Å².